The number of aryl methyl sites for hydroxylation is 2. The van der Waals surface area contributed by atoms with Crippen molar-refractivity contribution in [2.24, 2.45) is 0 Å². The Morgan fingerprint density at radius 2 is 1.38 bits per heavy atom. The van der Waals surface area contributed by atoms with Crippen LogP contribution in [0.3, 0.4) is 0 Å². The van der Waals surface area contributed by atoms with E-state index in [1.807, 2.05) is 62.4 Å². The van der Waals surface area contributed by atoms with Crippen LogP contribution >= 0.6 is 0 Å². The summed E-state index contributed by atoms with van der Waals surface area (Å²) in [4.78, 5) is 12.8. The van der Waals surface area contributed by atoms with E-state index in [0.717, 1.165) is 28.0 Å². The molecule has 0 fully saturated rings. The molecule has 0 saturated heterocycles. The van der Waals surface area contributed by atoms with E-state index in [-0.39, 0.29) is 23.9 Å². The van der Waals surface area contributed by atoms with Crippen LogP contribution in [0.5, 0.6) is 5.75 Å². The summed E-state index contributed by atoms with van der Waals surface area (Å²) in [5, 5.41) is 2.81. The average Bonchev–Trinajstić information content (AvgIpc) is 2.79. The van der Waals surface area contributed by atoms with Gasteiger partial charge in [0.15, 0.2) is 0 Å². The van der Waals surface area contributed by atoms with Crippen molar-refractivity contribution in [3.8, 4) is 5.75 Å². The molecular formula is C25H28N2O4S. The van der Waals surface area contributed by atoms with E-state index in [4.69, 9.17) is 4.74 Å². The highest BCUT2D eigenvalue weighted by molar-refractivity contribution is 7.89. The van der Waals surface area contributed by atoms with E-state index in [2.05, 4.69) is 5.32 Å². The molecule has 6 nitrogen and oxygen atoms in total. The number of hydrogen-bond donors (Lipinski definition) is 1. The molecule has 3 aromatic rings. The van der Waals surface area contributed by atoms with E-state index in [1.165, 1.54) is 4.31 Å². The first-order valence-corrected chi connectivity index (χ1v) is 11.7. The van der Waals surface area contributed by atoms with Gasteiger partial charge in [-0.1, -0.05) is 59.7 Å². The van der Waals surface area contributed by atoms with Gasteiger partial charge in [-0.05, 0) is 49.2 Å². The van der Waals surface area contributed by atoms with Crippen molar-refractivity contribution >= 4 is 15.9 Å². The molecule has 0 atom stereocenters. The second-order valence-corrected chi connectivity index (χ2v) is 9.63. The number of carbonyl (C=O) groups excluding carboxylic acids is 1. The Morgan fingerprint density at radius 1 is 0.844 bits per heavy atom. The number of rotatable bonds is 9. The summed E-state index contributed by atoms with van der Waals surface area (Å²) in [5.74, 6) is 0.358. The third-order valence-electron chi connectivity index (χ3n) is 5.11. The second kappa shape index (κ2) is 10.4. The zero-order valence-electron chi connectivity index (χ0n) is 18.5. The predicted octanol–water partition coefficient (Wildman–Crippen LogP) is 3.82. The van der Waals surface area contributed by atoms with E-state index < -0.39 is 10.0 Å². The van der Waals surface area contributed by atoms with Gasteiger partial charge in [-0.25, -0.2) is 8.42 Å². The Balaban J connectivity index is 1.77. The fourth-order valence-corrected chi connectivity index (χ4v) is 4.53. The number of nitrogens with one attached hydrogen (secondary N) is 1. The topological polar surface area (TPSA) is 75.7 Å². The molecule has 3 rings (SSSR count). The maximum Gasteiger partial charge on any atom is 0.243 e. The summed E-state index contributed by atoms with van der Waals surface area (Å²) >= 11 is 0. The first kappa shape index (κ1) is 23.5. The summed E-state index contributed by atoms with van der Waals surface area (Å²) in [7, 11) is -2.27. The first-order chi connectivity index (χ1) is 15.3. The van der Waals surface area contributed by atoms with Crippen molar-refractivity contribution in [3.63, 3.8) is 0 Å². The van der Waals surface area contributed by atoms with Crippen molar-refractivity contribution in [2.75, 3.05) is 13.7 Å². The average molecular weight is 453 g/mol. The lowest BCUT2D eigenvalue weighted by Crippen LogP contribution is -2.40. The van der Waals surface area contributed by atoms with Gasteiger partial charge in [0.2, 0.25) is 15.9 Å². The molecule has 168 valence electrons. The zero-order valence-corrected chi connectivity index (χ0v) is 19.4. The van der Waals surface area contributed by atoms with E-state index >= 15 is 0 Å². The van der Waals surface area contributed by atoms with Crippen molar-refractivity contribution in [3.05, 3.63) is 95.1 Å². The molecule has 0 aliphatic heterocycles. The summed E-state index contributed by atoms with van der Waals surface area (Å²) < 4.78 is 33.0. The van der Waals surface area contributed by atoms with Crippen LogP contribution in [0.2, 0.25) is 0 Å². The molecule has 3 aromatic carbocycles. The smallest absolute Gasteiger partial charge is 0.243 e. The highest BCUT2D eigenvalue weighted by Gasteiger charge is 2.26. The summed E-state index contributed by atoms with van der Waals surface area (Å²) in [6, 6.07) is 21.6. The molecule has 0 aliphatic carbocycles. The van der Waals surface area contributed by atoms with Gasteiger partial charge in [0.05, 0.1) is 18.6 Å². The number of amides is 1. The highest BCUT2D eigenvalue weighted by atomic mass is 32.2. The summed E-state index contributed by atoms with van der Waals surface area (Å²) in [5.41, 5.74) is 3.75. The lowest BCUT2D eigenvalue weighted by Gasteiger charge is -2.22. The van der Waals surface area contributed by atoms with Gasteiger partial charge < -0.3 is 10.1 Å². The Morgan fingerprint density at radius 3 is 1.94 bits per heavy atom. The lowest BCUT2D eigenvalue weighted by atomic mass is 10.1. The number of hydrogen-bond acceptors (Lipinski definition) is 4. The Labute approximate surface area is 189 Å². The molecule has 1 amide bonds. The van der Waals surface area contributed by atoms with Gasteiger partial charge in [-0.3, -0.25) is 4.79 Å². The fraction of sp³-hybridized carbons (Fsp3) is 0.240. The number of methoxy groups -OCH3 is 1. The van der Waals surface area contributed by atoms with Crippen LogP contribution in [0.4, 0.5) is 0 Å². The minimum absolute atomic E-state index is 0.104. The molecule has 0 spiro atoms. The number of benzene rings is 3. The molecule has 32 heavy (non-hydrogen) atoms. The van der Waals surface area contributed by atoms with Gasteiger partial charge >= 0.3 is 0 Å². The predicted molar refractivity (Wildman–Crippen MR) is 125 cm³/mol. The largest absolute Gasteiger partial charge is 0.497 e. The monoisotopic (exact) mass is 452 g/mol. The fourth-order valence-electron chi connectivity index (χ4n) is 3.14. The van der Waals surface area contributed by atoms with Gasteiger partial charge in [-0.2, -0.15) is 4.31 Å². The molecule has 0 radical (unpaired) electrons. The highest BCUT2D eigenvalue weighted by Crippen LogP contribution is 2.19. The molecule has 0 aromatic heterocycles. The van der Waals surface area contributed by atoms with Crippen LogP contribution in [0.25, 0.3) is 0 Å². The van der Waals surface area contributed by atoms with Crippen LogP contribution in [-0.4, -0.2) is 32.3 Å². The lowest BCUT2D eigenvalue weighted by molar-refractivity contribution is -0.121. The third kappa shape index (κ3) is 6.18. The maximum absolute atomic E-state index is 13.3. The maximum atomic E-state index is 13.3. The number of nitrogens with zero attached hydrogens (tertiary/aromatic N) is 1. The van der Waals surface area contributed by atoms with Crippen LogP contribution in [0.15, 0.2) is 77.7 Å². The van der Waals surface area contributed by atoms with E-state index in [1.54, 1.807) is 31.4 Å². The van der Waals surface area contributed by atoms with Crippen LogP contribution < -0.4 is 10.1 Å². The molecule has 0 aliphatic rings. The Hall–Kier alpha value is -3.16. The van der Waals surface area contributed by atoms with Crippen LogP contribution in [0.1, 0.15) is 22.3 Å². The van der Waals surface area contributed by atoms with Gasteiger partial charge in [-0.15, -0.1) is 0 Å². The molecule has 0 heterocycles. The number of sulfonamides is 1. The van der Waals surface area contributed by atoms with E-state index in [9.17, 15) is 13.2 Å². The van der Waals surface area contributed by atoms with Crippen molar-refractivity contribution < 1.29 is 17.9 Å². The summed E-state index contributed by atoms with van der Waals surface area (Å²) in [6.07, 6.45) is 0. The van der Waals surface area contributed by atoms with Crippen LogP contribution in [0, 0.1) is 13.8 Å². The van der Waals surface area contributed by atoms with Crippen molar-refractivity contribution in [1.82, 2.24) is 9.62 Å². The molecule has 7 heteroatoms. The number of ether oxygens (including phenoxy) is 1. The normalized spacial score (nSPS) is 11.4. The quantitative estimate of drug-likeness (QED) is 0.536. The third-order valence-corrected chi connectivity index (χ3v) is 6.91. The van der Waals surface area contributed by atoms with Gasteiger partial charge in [0, 0.05) is 13.1 Å². The molecule has 0 saturated carbocycles. The molecule has 0 bridgehead atoms. The van der Waals surface area contributed by atoms with Gasteiger partial charge in [0.1, 0.15) is 5.75 Å². The number of carbonyl (C=O) groups is 1. The molecule has 1 N–H and O–H groups in total. The molecular weight excluding hydrogens is 424 g/mol. The Kier molecular flexibility index (Phi) is 7.66. The zero-order chi connectivity index (χ0) is 23.1. The standard InChI is InChI=1S/C25H28N2O4S/c1-19-4-8-22(9-5-19)17-27(32(29,30)24-14-6-20(2)7-15-24)18-25(28)26-16-21-10-12-23(31-3)13-11-21/h4-15H,16-18H2,1-3H3,(H,26,28). The Bertz CT molecular complexity index is 1140. The SMILES string of the molecule is COc1ccc(CNC(=O)CN(Cc2ccc(C)cc2)S(=O)(=O)c2ccc(C)cc2)cc1. The van der Waals surface area contributed by atoms with Crippen molar-refractivity contribution in [2.45, 2.75) is 31.8 Å². The molecule has 0 unspecified atom stereocenters. The second-order valence-electron chi connectivity index (χ2n) is 7.70. The first-order valence-electron chi connectivity index (χ1n) is 10.3. The van der Waals surface area contributed by atoms with Crippen molar-refractivity contribution in [1.29, 1.82) is 0 Å². The van der Waals surface area contributed by atoms with E-state index in [0.29, 0.717) is 6.54 Å². The van der Waals surface area contributed by atoms with Crippen LogP contribution in [-0.2, 0) is 27.9 Å². The minimum atomic E-state index is -3.86. The minimum Gasteiger partial charge on any atom is -0.497 e. The van der Waals surface area contributed by atoms with Gasteiger partial charge in [0.25, 0.3) is 0 Å². The summed E-state index contributed by atoms with van der Waals surface area (Å²) in [6.45, 7) is 3.99.